The molecule has 1 heterocycles. The lowest BCUT2D eigenvalue weighted by Gasteiger charge is -2.30. The topological polar surface area (TPSA) is 30.9 Å². The van der Waals surface area contributed by atoms with Crippen molar-refractivity contribution >= 4 is 29.6 Å². The van der Waals surface area contributed by atoms with Gasteiger partial charge in [0.2, 0.25) is 0 Å². The highest BCUT2D eigenvalue weighted by atomic mass is 35.5. The molecule has 0 amide bonds. The van der Waals surface area contributed by atoms with Crippen LogP contribution in [0.4, 0.5) is 11.4 Å². The van der Waals surface area contributed by atoms with E-state index in [0.29, 0.717) is 0 Å². The number of hydrazine groups is 2. The molecule has 0 radical (unpaired) electrons. The van der Waals surface area contributed by atoms with Crippen LogP contribution < -0.4 is 15.7 Å². The number of halogens is 1. The van der Waals surface area contributed by atoms with Crippen molar-refractivity contribution in [1.29, 1.82) is 0 Å². The summed E-state index contributed by atoms with van der Waals surface area (Å²) >= 11 is 0. The molecular weight excluding hydrogens is 356 g/mol. The summed E-state index contributed by atoms with van der Waals surface area (Å²) in [7, 11) is 0. The van der Waals surface area contributed by atoms with Crippen molar-refractivity contribution in [2.24, 2.45) is 5.10 Å². The molecule has 0 bridgehead atoms. The second-order valence-electron chi connectivity index (χ2n) is 6.55. The molecule has 4 rings (SSSR count). The first-order chi connectivity index (χ1) is 12.6. The standard InChI is InChI=1S/C22H22N4.ClH/c1-16-10-4-7-13-19(16)22-23-25(20-14-8-5-11-17(20)2)26(24-22)21-15-9-6-12-18(21)3;/h4-15H,1-3H3,(H,23,24);1H. The fourth-order valence-electron chi connectivity index (χ4n) is 3.17. The van der Waals surface area contributed by atoms with Crippen molar-refractivity contribution in [2.75, 3.05) is 10.2 Å². The van der Waals surface area contributed by atoms with E-state index in [1.807, 2.05) is 40.6 Å². The Balaban J connectivity index is 0.00000210. The van der Waals surface area contributed by atoms with Crippen LogP contribution >= 0.6 is 12.4 Å². The molecule has 1 aliphatic rings. The van der Waals surface area contributed by atoms with E-state index in [4.69, 9.17) is 5.10 Å². The summed E-state index contributed by atoms with van der Waals surface area (Å²) < 4.78 is 0. The molecule has 27 heavy (non-hydrogen) atoms. The molecule has 0 saturated carbocycles. The fourth-order valence-corrected chi connectivity index (χ4v) is 3.17. The molecule has 0 atom stereocenters. The highest BCUT2D eigenvalue weighted by Crippen LogP contribution is 2.30. The van der Waals surface area contributed by atoms with Gasteiger partial charge >= 0.3 is 0 Å². The average Bonchev–Trinajstić information content (AvgIpc) is 3.07. The van der Waals surface area contributed by atoms with Gasteiger partial charge in [0.15, 0.2) is 5.84 Å². The van der Waals surface area contributed by atoms with E-state index in [9.17, 15) is 0 Å². The van der Waals surface area contributed by atoms with Crippen LogP contribution in [0.3, 0.4) is 0 Å². The lowest BCUT2D eigenvalue weighted by molar-refractivity contribution is 0.765. The zero-order valence-electron chi connectivity index (χ0n) is 15.7. The highest BCUT2D eigenvalue weighted by Gasteiger charge is 2.28. The first-order valence-electron chi connectivity index (χ1n) is 8.78. The van der Waals surface area contributed by atoms with Crippen LogP contribution in [0.1, 0.15) is 22.3 Å². The van der Waals surface area contributed by atoms with Crippen molar-refractivity contribution in [1.82, 2.24) is 5.43 Å². The summed E-state index contributed by atoms with van der Waals surface area (Å²) in [5.41, 5.74) is 10.2. The van der Waals surface area contributed by atoms with Crippen molar-refractivity contribution in [3.63, 3.8) is 0 Å². The Morgan fingerprint density at radius 1 is 0.667 bits per heavy atom. The van der Waals surface area contributed by atoms with Gasteiger partial charge in [0.05, 0.1) is 11.4 Å². The van der Waals surface area contributed by atoms with E-state index >= 15 is 0 Å². The van der Waals surface area contributed by atoms with Crippen molar-refractivity contribution in [3.8, 4) is 0 Å². The Kier molecular flexibility index (Phi) is 5.38. The van der Waals surface area contributed by atoms with Crippen LogP contribution in [0.2, 0.25) is 0 Å². The minimum atomic E-state index is 0. The first-order valence-corrected chi connectivity index (χ1v) is 8.78. The maximum atomic E-state index is 4.91. The molecule has 0 fully saturated rings. The third-order valence-corrected chi connectivity index (χ3v) is 4.67. The third kappa shape index (κ3) is 3.49. The molecule has 0 unspecified atom stereocenters. The van der Waals surface area contributed by atoms with Crippen molar-refractivity contribution in [2.45, 2.75) is 20.8 Å². The van der Waals surface area contributed by atoms with Crippen LogP contribution in [0.15, 0.2) is 77.9 Å². The van der Waals surface area contributed by atoms with E-state index < -0.39 is 0 Å². The highest BCUT2D eigenvalue weighted by molar-refractivity contribution is 6.03. The monoisotopic (exact) mass is 378 g/mol. The summed E-state index contributed by atoms with van der Waals surface area (Å²) in [5, 5.41) is 8.87. The van der Waals surface area contributed by atoms with Crippen LogP contribution in [0.5, 0.6) is 0 Å². The van der Waals surface area contributed by atoms with Crippen LogP contribution in [-0.2, 0) is 0 Å². The zero-order chi connectivity index (χ0) is 18.1. The maximum Gasteiger partial charge on any atom is 0.176 e. The number of benzene rings is 3. The van der Waals surface area contributed by atoms with Gasteiger partial charge in [-0.25, -0.2) is 0 Å². The lowest BCUT2D eigenvalue weighted by atomic mass is 10.1. The number of amidine groups is 1. The number of hydrogen-bond donors (Lipinski definition) is 1. The molecule has 0 saturated heterocycles. The molecule has 1 N–H and O–H groups in total. The number of para-hydroxylation sites is 2. The first kappa shape index (κ1) is 18.8. The Bertz CT molecular complexity index is 983. The molecule has 5 heteroatoms. The summed E-state index contributed by atoms with van der Waals surface area (Å²) in [6, 6.07) is 24.9. The van der Waals surface area contributed by atoms with E-state index in [-0.39, 0.29) is 12.4 Å². The largest absolute Gasteiger partial charge is 0.259 e. The predicted octanol–water partition coefficient (Wildman–Crippen LogP) is 5.14. The van der Waals surface area contributed by atoms with Crippen LogP contribution in [0, 0.1) is 20.8 Å². The molecule has 1 aliphatic heterocycles. The summed E-state index contributed by atoms with van der Waals surface area (Å²) in [4.78, 5) is 0. The van der Waals surface area contributed by atoms with Gasteiger partial charge in [-0.15, -0.1) is 17.5 Å². The Labute approximate surface area is 166 Å². The minimum absolute atomic E-state index is 0. The van der Waals surface area contributed by atoms with Gasteiger partial charge in [0.25, 0.3) is 0 Å². The number of aryl methyl sites for hydroxylation is 3. The predicted molar refractivity (Wildman–Crippen MR) is 115 cm³/mol. The smallest absolute Gasteiger partial charge is 0.176 e. The number of anilines is 2. The summed E-state index contributed by atoms with van der Waals surface area (Å²) in [5.74, 6) is 0.842. The van der Waals surface area contributed by atoms with Crippen molar-refractivity contribution < 1.29 is 0 Å². The third-order valence-electron chi connectivity index (χ3n) is 4.67. The van der Waals surface area contributed by atoms with Gasteiger partial charge < -0.3 is 0 Å². The van der Waals surface area contributed by atoms with Gasteiger partial charge in [-0.05, 0) is 49.6 Å². The number of hydrazone groups is 1. The van der Waals surface area contributed by atoms with E-state index in [0.717, 1.165) is 22.8 Å². The van der Waals surface area contributed by atoms with E-state index in [2.05, 4.69) is 68.7 Å². The van der Waals surface area contributed by atoms with E-state index in [1.165, 1.54) is 16.7 Å². The number of rotatable bonds is 3. The van der Waals surface area contributed by atoms with Gasteiger partial charge in [0, 0.05) is 5.56 Å². The Morgan fingerprint density at radius 2 is 1.19 bits per heavy atom. The van der Waals surface area contributed by atoms with Crippen LogP contribution in [0.25, 0.3) is 0 Å². The summed E-state index contributed by atoms with van der Waals surface area (Å²) in [6.07, 6.45) is 0. The maximum absolute atomic E-state index is 4.91. The Morgan fingerprint density at radius 3 is 1.78 bits per heavy atom. The Hall–Kier alpha value is -2.98. The normalized spacial score (nSPS) is 13.1. The molecule has 138 valence electrons. The van der Waals surface area contributed by atoms with Gasteiger partial charge in [0.1, 0.15) is 0 Å². The molecule has 3 aromatic carbocycles. The second-order valence-corrected chi connectivity index (χ2v) is 6.55. The molecule has 0 spiro atoms. The van der Waals surface area contributed by atoms with Gasteiger partial charge in [-0.2, -0.15) is 10.2 Å². The quantitative estimate of drug-likeness (QED) is 0.684. The number of hydrogen-bond acceptors (Lipinski definition) is 4. The SMILES string of the molecule is Cc1ccccc1C1=NN(c2ccccc2C)N(c2ccccc2C)N1.Cl. The number of nitrogens with one attached hydrogen (secondary N) is 1. The molecule has 0 aromatic heterocycles. The average molecular weight is 379 g/mol. The van der Waals surface area contributed by atoms with Gasteiger partial charge in [-0.1, -0.05) is 60.7 Å². The van der Waals surface area contributed by atoms with Gasteiger partial charge in [-0.3, -0.25) is 5.43 Å². The molecule has 0 aliphatic carbocycles. The molecule has 4 nitrogen and oxygen atoms in total. The minimum Gasteiger partial charge on any atom is -0.259 e. The van der Waals surface area contributed by atoms with E-state index in [1.54, 1.807) is 0 Å². The summed E-state index contributed by atoms with van der Waals surface area (Å²) in [6.45, 7) is 6.32. The zero-order valence-corrected chi connectivity index (χ0v) is 16.5. The lowest BCUT2D eigenvalue weighted by Crippen LogP contribution is -2.45. The molecule has 3 aromatic rings. The fraction of sp³-hybridized carbons (Fsp3) is 0.136. The van der Waals surface area contributed by atoms with Crippen molar-refractivity contribution in [3.05, 3.63) is 95.1 Å². The molecular formula is C22H23ClN4. The van der Waals surface area contributed by atoms with Crippen LogP contribution in [-0.4, -0.2) is 5.84 Å². The number of nitrogens with zero attached hydrogens (tertiary/aromatic N) is 3. The second kappa shape index (κ2) is 7.72.